The Morgan fingerprint density at radius 1 is 0.872 bits per heavy atom. The summed E-state index contributed by atoms with van der Waals surface area (Å²) in [6, 6.07) is 28.4. The zero-order valence-corrected chi connectivity index (χ0v) is 22.4. The predicted octanol–water partition coefficient (Wildman–Crippen LogP) is 5.27. The van der Waals surface area contributed by atoms with Crippen LogP contribution in [0.2, 0.25) is 0 Å². The number of carbonyl (C=O) groups excluding carboxylic acids is 3. The highest BCUT2D eigenvalue weighted by atomic mass is 16.2. The molecule has 6 heteroatoms. The summed E-state index contributed by atoms with van der Waals surface area (Å²) < 4.78 is 0. The first-order chi connectivity index (χ1) is 19.0. The molecule has 39 heavy (non-hydrogen) atoms. The number of aryl methyl sites for hydroxylation is 1. The van der Waals surface area contributed by atoms with Crippen LogP contribution in [0.4, 0.5) is 5.69 Å². The summed E-state index contributed by atoms with van der Waals surface area (Å²) >= 11 is 0. The second kappa shape index (κ2) is 11.5. The number of nitrogens with one attached hydrogen (secondary N) is 1. The molecule has 5 rings (SSSR count). The van der Waals surface area contributed by atoms with E-state index in [4.69, 9.17) is 0 Å². The second-order valence-corrected chi connectivity index (χ2v) is 10.1. The van der Waals surface area contributed by atoms with Crippen molar-refractivity contribution in [2.75, 3.05) is 18.0 Å². The van der Waals surface area contributed by atoms with E-state index in [1.807, 2.05) is 98.8 Å². The molecule has 0 unspecified atom stereocenters. The van der Waals surface area contributed by atoms with Crippen molar-refractivity contribution in [3.8, 4) is 0 Å². The lowest BCUT2D eigenvalue weighted by Gasteiger charge is -2.33. The van der Waals surface area contributed by atoms with Crippen LogP contribution >= 0.6 is 0 Å². The van der Waals surface area contributed by atoms with Crippen LogP contribution in [-0.4, -0.2) is 41.8 Å². The minimum absolute atomic E-state index is 0.148. The van der Waals surface area contributed by atoms with Crippen molar-refractivity contribution in [1.29, 1.82) is 0 Å². The average Bonchev–Trinajstić information content (AvgIpc) is 3.23. The molecule has 198 valence electrons. The standard InChI is InChI=1S/C33H33N3O3/c1-3-19-34-32(38)29(20-24-9-5-4-6-10-24)35(21-25-17-15-23(2)16-18-25)30(37)22-36-28-14-8-12-26-11-7-13-27(31(26)28)33(36)39/h4-18,29H,3,19-22H2,1-2H3,(H,34,38)/t29-/m1/s1. The molecule has 0 bridgehead atoms. The van der Waals surface area contributed by atoms with Gasteiger partial charge in [-0.15, -0.1) is 0 Å². The van der Waals surface area contributed by atoms with Crippen molar-refractivity contribution in [3.63, 3.8) is 0 Å². The van der Waals surface area contributed by atoms with Crippen molar-refractivity contribution in [2.24, 2.45) is 0 Å². The number of hydrogen-bond acceptors (Lipinski definition) is 3. The summed E-state index contributed by atoms with van der Waals surface area (Å²) in [5.41, 5.74) is 4.33. The van der Waals surface area contributed by atoms with Crippen molar-refractivity contribution in [1.82, 2.24) is 10.2 Å². The molecule has 4 aromatic carbocycles. The third-order valence-electron chi connectivity index (χ3n) is 7.24. The number of hydrogen-bond donors (Lipinski definition) is 1. The van der Waals surface area contributed by atoms with Crippen LogP contribution in [0.3, 0.4) is 0 Å². The van der Waals surface area contributed by atoms with E-state index in [9.17, 15) is 14.4 Å². The summed E-state index contributed by atoms with van der Waals surface area (Å²) in [7, 11) is 0. The number of nitrogens with zero attached hydrogens (tertiary/aromatic N) is 2. The Bertz CT molecular complexity index is 1490. The van der Waals surface area contributed by atoms with Crippen molar-refractivity contribution in [3.05, 3.63) is 113 Å². The maximum absolute atomic E-state index is 14.1. The van der Waals surface area contributed by atoms with Crippen LogP contribution < -0.4 is 10.2 Å². The van der Waals surface area contributed by atoms with Crippen LogP contribution in [0.1, 0.15) is 40.4 Å². The molecule has 1 atom stereocenters. The van der Waals surface area contributed by atoms with E-state index < -0.39 is 6.04 Å². The second-order valence-electron chi connectivity index (χ2n) is 10.1. The van der Waals surface area contributed by atoms with Gasteiger partial charge in [0.15, 0.2) is 0 Å². The molecule has 1 N–H and O–H groups in total. The summed E-state index contributed by atoms with van der Waals surface area (Å²) in [4.78, 5) is 44.3. The minimum atomic E-state index is -0.733. The fourth-order valence-electron chi connectivity index (χ4n) is 5.17. The average molecular weight is 520 g/mol. The molecular formula is C33H33N3O3. The van der Waals surface area contributed by atoms with Crippen molar-refractivity contribution >= 4 is 34.2 Å². The molecule has 6 nitrogen and oxygen atoms in total. The summed E-state index contributed by atoms with van der Waals surface area (Å²) in [5, 5.41) is 4.83. The highest BCUT2D eigenvalue weighted by Crippen LogP contribution is 2.37. The van der Waals surface area contributed by atoms with E-state index in [0.29, 0.717) is 18.5 Å². The maximum atomic E-state index is 14.1. The van der Waals surface area contributed by atoms with Gasteiger partial charge in [-0.25, -0.2) is 0 Å². The van der Waals surface area contributed by atoms with E-state index in [-0.39, 0.29) is 30.8 Å². The molecular weight excluding hydrogens is 486 g/mol. The van der Waals surface area contributed by atoms with Crippen molar-refractivity contribution in [2.45, 2.75) is 39.3 Å². The van der Waals surface area contributed by atoms with Gasteiger partial charge < -0.3 is 10.2 Å². The Morgan fingerprint density at radius 2 is 1.59 bits per heavy atom. The normalized spacial score (nSPS) is 13.0. The SMILES string of the molecule is CCCNC(=O)[C@@H](Cc1ccccc1)N(Cc1ccc(C)cc1)C(=O)CN1C(=O)c2cccc3cccc1c23. The van der Waals surface area contributed by atoms with Gasteiger partial charge in [-0.1, -0.05) is 91.3 Å². The summed E-state index contributed by atoms with van der Waals surface area (Å²) in [6.45, 7) is 4.65. The Labute approximate surface area is 229 Å². The first-order valence-corrected chi connectivity index (χ1v) is 13.5. The number of rotatable bonds is 10. The molecule has 1 aliphatic rings. The number of amides is 3. The Balaban J connectivity index is 1.50. The minimum Gasteiger partial charge on any atom is -0.354 e. The van der Waals surface area contributed by atoms with Gasteiger partial charge in [-0.05, 0) is 42.0 Å². The molecule has 4 aromatic rings. The van der Waals surface area contributed by atoms with Gasteiger partial charge in [0.2, 0.25) is 11.8 Å². The molecule has 0 saturated heterocycles. The maximum Gasteiger partial charge on any atom is 0.259 e. The predicted molar refractivity (Wildman–Crippen MR) is 155 cm³/mol. The van der Waals surface area contributed by atoms with Crippen LogP contribution in [0, 0.1) is 6.92 Å². The molecule has 0 saturated carbocycles. The highest BCUT2D eigenvalue weighted by molar-refractivity contribution is 6.26. The van der Waals surface area contributed by atoms with Gasteiger partial charge >= 0.3 is 0 Å². The van der Waals surface area contributed by atoms with E-state index in [2.05, 4.69) is 5.32 Å². The van der Waals surface area contributed by atoms with Gasteiger partial charge in [-0.3, -0.25) is 19.3 Å². The van der Waals surface area contributed by atoms with Gasteiger partial charge in [-0.2, -0.15) is 0 Å². The van der Waals surface area contributed by atoms with E-state index in [1.54, 1.807) is 15.9 Å². The fourth-order valence-corrected chi connectivity index (χ4v) is 5.17. The number of carbonyl (C=O) groups is 3. The first kappa shape index (κ1) is 26.2. The fraction of sp³-hybridized carbons (Fsp3) is 0.242. The van der Waals surface area contributed by atoms with Crippen molar-refractivity contribution < 1.29 is 14.4 Å². The smallest absolute Gasteiger partial charge is 0.259 e. The Morgan fingerprint density at radius 3 is 2.31 bits per heavy atom. The topological polar surface area (TPSA) is 69.7 Å². The molecule has 0 radical (unpaired) electrons. The van der Waals surface area contributed by atoms with Gasteiger partial charge in [0, 0.05) is 30.5 Å². The largest absolute Gasteiger partial charge is 0.354 e. The molecule has 3 amide bonds. The molecule has 0 aliphatic carbocycles. The van der Waals surface area contributed by atoms with Gasteiger partial charge in [0.1, 0.15) is 12.6 Å². The molecule has 0 fully saturated rings. The first-order valence-electron chi connectivity index (χ1n) is 13.5. The third kappa shape index (κ3) is 5.55. The molecule has 0 aromatic heterocycles. The third-order valence-corrected chi connectivity index (χ3v) is 7.24. The van der Waals surface area contributed by atoms with Crippen LogP contribution in [0.25, 0.3) is 10.8 Å². The Kier molecular flexibility index (Phi) is 7.73. The number of benzene rings is 4. The van der Waals surface area contributed by atoms with E-state index in [0.717, 1.165) is 39.6 Å². The summed E-state index contributed by atoms with van der Waals surface area (Å²) in [6.07, 6.45) is 1.16. The lowest BCUT2D eigenvalue weighted by atomic mass is 10.0. The lowest BCUT2D eigenvalue weighted by molar-refractivity contribution is -0.140. The zero-order valence-electron chi connectivity index (χ0n) is 22.4. The number of anilines is 1. The Hall–Kier alpha value is -4.45. The highest BCUT2D eigenvalue weighted by Gasteiger charge is 2.35. The monoisotopic (exact) mass is 519 g/mol. The van der Waals surface area contributed by atoms with Crippen LogP contribution in [-0.2, 0) is 22.6 Å². The zero-order chi connectivity index (χ0) is 27.4. The van der Waals surface area contributed by atoms with Crippen LogP contribution in [0.5, 0.6) is 0 Å². The van der Waals surface area contributed by atoms with E-state index >= 15 is 0 Å². The quantitative estimate of drug-likeness (QED) is 0.310. The molecule has 0 spiro atoms. The van der Waals surface area contributed by atoms with Crippen LogP contribution in [0.15, 0.2) is 91.0 Å². The molecule has 1 aliphatic heterocycles. The summed E-state index contributed by atoms with van der Waals surface area (Å²) in [5.74, 6) is -0.666. The van der Waals surface area contributed by atoms with Gasteiger partial charge in [0.05, 0.1) is 5.69 Å². The lowest BCUT2D eigenvalue weighted by Crippen LogP contribution is -2.53. The van der Waals surface area contributed by atoms with Gasteiger partial charge in [0.25, 0.3) is 5.91 Å². The molecule has 1 heterocycles. The van der Waals surface area contributed by atoms with E-state index in [1.165, 1.54) is 0 Å².